The van der Waals surface area contributed by atoms with Crippen LogP contribution in [0.2, 0.25) is 0 Å². The van der Waals surface area contributed by atoms with Gasteiger partial charge in [0.1, 0.15) is 10.5 Å². The molecule has 0 saturated carbocycles. The van der Waals surface area contributed by atoms with Crippen molar-refractivity contribution in [3.05, 3.63) is 59.9 Å². The highest BCUT2D eigenvalue weighted by atomic mass is 32.2. The zero-order chi connectivity index (χ0) is 17.2. The molecule has 3 rings (SSSR count). The SMILES string of the molecule is CN(C)Cc1ccccc1CNS(=O)(=O)c1c[nH]c2ncccc12. The Bertz CT molecular complexity index is 948. The highest BCUT2D eigenvalue weighted by molar-refractivity contribution is 7.89. The molecule has 0 spiro atoms. The summed E-state index contributed by atoms with van der Waals surface area (Å²) in [4.78, 5) is 9.29. The summed E-state index contributed by atoms with van der Waals surface area (Å²) in [5.41, 5.74) is 2.63. The molecule has 0 aliphatic rings. The molecule has 0 aliphatic carbocycles. The van der Waals surface area contributed by atoms with Crippen molar-refractivity contribution in [1.29, 1.82) is 0 Å². The minimum atomic E-state index is -3.62. The first-order valence-electron chi connectivity index (χ1n) is 7.60. The minimum Gasteiger partial charge on any atom is -0.345 e. The molecule has 0 aliphatic heterocycles. The van der Waals surface area contributed by atoms with E-state index >= 15 is 0 Å². The molecule has 0 fully saturated rings. The summed E-state index contributed by atoms with van der Waals surface area (Å²) < 4.78 is 28.0. The summed E-state index contributed by atoms with van der Waals surface area (Å²) in [7, 11) is 0.350. The maximum atomic E-state index is 12.6. The fourth-order valence-corrected chi connectivity index (χ4v) is 3.80. The smallest absolute Gasteiger partial charge is 0.243 e. The van der Waals surface area contributed by atoms with Crippen molar-refractivity contribution in [1.82, 2.24) is 19.6 Å². The van der Waals surface area contributed by atoms with Gasteiger partial charge < -0.3 is 9.88 Å². The van der Waals surface area contributed by atoms with Crippen LogP contribution in [-0.4, -0.2) is 37.4 Å². The first-order valence-corrected chi connectivity index (χ1v) is 9.09. The number of aromatic nitrogens is 2. The molecule has 0 radical (unpaired) electrons. The molecular formula is C17H20N4O2S. The van der Waals surface area contributed by atoms with Crippen LogP contribution in [0.5, 0.6) is 0 Å². The van der Waals surface area contributed by atoms with E-state index in [0.717, 1.165) is 17.7 Å². The zero-order valence-electron chi connectivity index (χ0n) is 13.7. The summed E-state index contributed by atoms with van der Waals surface area (Å²) in [5.74, 6) is 0. The number of nitrogens with zero attached hydrogens (tertiary/aromatic N) is 2. The number of sulfonamides is 1. The second kappa shape index (κ2) is 6.72. The third-order valence-corrected chi connectivity index (χ3v) is 5.20. The lowest BCUT2D eigenvalue weighted by atomic mass is 10.1. The standard InChI is InChI=1S/C17H20N4O2S/c1-21(2)12-14-7-4-3-6-13(14)10-20-24(22,23)16-11-19-17-15(16)8-5-9-18-17/h3-9,11,20H,10,12H2,1-2H3,(H,18,19). The van der Waals surface area contributed by atoms with Crippen molar-refractivity contribution in [2.24, 2.45) is 0 Å². The monoisotopic (exact) mass is 344 g/mol. The van der Waals surface area contributed by atoms with Crippen LogP contribution in [-0.2, 0) is 23.1 Å². The zero-order valence-corrected chi connectivity index (χ0v) is 14.5. The van der Waals surface area contributed by atoms with Crippen molar-refractivity contribution in [2.75, 3.05) is 14.1 Å². The number of benzene rings is 1. The van der Waals surface area contributed by atoms with Gasteiger partial charge in [-0.25, -0.2) is 18.1 Å². The van der Waals surface area contributed by atoms with Gasteiger partial charge in [-0.05, 0) is 37.4 Å². The van der Waals surface area contributed by atoms with E-state index in [-0.39, 0.29) is 11.4 Å². The Labute approximate surface area is 141 Å². The summed E-state index contributed by atoms with van der Waals surface area (Å²) in [6.45, 7) is 1.01. The summed E-state index contributed by atoms with van der Waals surface area (Å²) in [6.07, 6.45) is 3.10. The van der Waals surface area contributed by atoms with Gasteiger partial charge >= 0.3 is 0 Å². The van der Waals surface area contributed by atoms with Gasteiger partial charge in [0.15, 0.2) is 0 Å². The lowest BCUT2D eigenvalue weighted by Crippen LogP contribution is -2.24. The van der Waals surface area contributed by atoms with Gasteiger partial charge in [-0.15, -0.1) is 0 Å². The number of rotatable bonds is 6. The van der Waals surface area contributed by atoms with Gasteiger partial charge in [0.25, 0.3) is 0 Å². The Morgan fingerprint density at radius 3 is 2.62 bits per heavy atom. The molecule has 1 aromatic carbocycles. The van der Waals surface area contributed by atoms with Crippen LogP contribution in [0.3, 0.4) is 0 Å². The quantitative estimate of drug-likeness (QED) is 0.718. The molecule has 7 heteroatoms. The maximum Gasteiger partial charge on any atom is 0.243 e. The average Bonchev–Trinajstić information content (AvgIpc) is 2.98. The lowest BCUT2D eigenvalue weighted by molar-refractivity contribution is 0.400. The van der Waals surface area contributed by atoms with E-state index < -0.39 is 10.0 Å². The van der Waals surface area contributed by atoms with Gasteiger partial charge in [0.2, 0.25) is 10.0 Å². The molecule has 6 nitrogen and oxygen atoms in total. The van der Waals surface area contributed by atoms with Crippen LogP contribution in [0.4, 0.5) is 0 Å². The highest BCUT2D eigenvalue weighted by Gasteiger charge is 2.19. The third kappa shape index (κ3) is 3.48. The number of hydrogen-bond donors (Lipinski definition) is 2. The van der Waals surface area contributed by atoms with Gasteiger partial charge in [0.05, 0.1) is 0 Å². The first-order chi connectivity index (χ1) is 11.5. The molecule has 24 heavy (non-hydrogen) atoms. The second-order valence-corrected chi connectivity index (χ2v) is 7.62. The molecule has 0 amide bonds. The van der Waals surface area contributed by atoms with Gasteiger partial charge in [-0.1, -0.05) is 24.3 Å². The number of fused-ring (bicyclic) bond motifs is 1. The molecule has 3 aromatic rings. The topological polar surface area (TPSA) is 78.1 Å². The van der Waals surface area contributed by atoms with E-state index in [1.165, 1.54) is 6.20 Å². The van der Waals surface area contributed by atoms with E-state index in [4.69, 9.17) is 0 Å². The van der Waals surface area contributed by atoms with E-state index in [1.807, 2.05) is 38.4 Å². The van der Waals surface area contributed by atoms with E-state index in [2.05, 4.69) is 19.6 Å². The molecule has 0 unspecified atom stereocenters. The molecule has 2 aromatic heterocycles. The highest BCUT2D eigenvalue weighted by Crippen LogP contribution is 2.21. The van der Waals surface area contributed by atoms with E-state index in [0.29, 0.717) is 11.0 Å². The van der Waals surface area contributed by atoms with Crippen LogP contribution in [0.15, 0.2) is 53.7 Å². The predicted octanol–water partition coefficient (Wildman–Crippen LogP) is 2.10. The molecule has 0 saturated heterocycles. The van der Waals surface area contributed by atoms with E-state index in [9.17, 15) is 8.42 Å². The van der Waals surface area contributed by atoms with E-state index in [1.54, 1.807) is 18.3 Å². The summed E-state index contributed by atoms with van der Waals surface area (Å²) in [5, 5.41) is 0.589. The first kappa shape index (κ1) is 16.6. The Balaban J connectivity index is 1.84. The fourth-order valence-electron chi connectivity index (χ4n) is 2.63. The van der Waals surface area contributed by atoms with Crippen LogP contribution in [0.1, 0.15) is 11.1 Å². The summed E-state index contributed by atoms with van der Waals surface area (Å²) in [6, 6.07) is 11.3. The summed E-state index contributed by atoms with van der Waals surface area (Å²) >= 11 is 0. The predicted molar refractivity (Wildman–Crippen MR) is 94.0 cm³/mol. The molecular weight excluding hydrogens is 324 g/mol. The number of H-pyrrole nitrogens is 1. The lowest BCUT2D eigenvalue weighted by Gasteiger charge is -2.14. The van der Waals surface area contributed by atoms with Crippen molar-refractivity contribution in [2.45, 2.75) is 18.0 Å². The Kier molecular flexibility index (Phi) is 4.66. The third-order valence-electron chi connectivity index (χ3n) is 3.76. The Hall–Kier alpha value is -2.22. The van der Waals surface area contributed by atoms with Crippen molar-refractivity contribution >= 4 is 21.1 Å². The molecule has 0 atom stereocenters. The Morgan fingerprint density at radius 2 is 1.88 bits per heavy atom. The van der Waals surface area contributed by atoms with Crippen molar-refractivity contribution < 1.29 is 8.42 Å². The average molecular weight is 344 g/mol. The van der Waals surface area contributed by atoms with Gasteiger partial charge in [0, 0.05) is 30.9 Å². The molecule has 2 N–H and O–H groups in total. The van der Waals surface area contributed by atoms with Crippen LogP contribution in [0, 0.1) is 0 Å². The largest absolute Gasteiger partial charge is 0.345 e. The van der Waals surface area contributed by atoms with Crippen molar-refractivity contribution in [3.8, 4) is 0 Å². The van der Waals surface area contributed by atoms with Gasteiger partial charge in [-0.3, -0.25) is 0 Å². The van der Waals surface area contributed by atoms with Crippen LogP contribution in [0.25, 0.3) is 11.0 Å². The number of aromatic amines is 1. The number of hydrogen-bond acceptors (Lipinski definition) is 4. The minimum absolute atomic E-state index is 0.218. The Morgan fingerprint density at radius 1 is 1.12 bits per heavy atom. The maximum absolute atomic E-state index is 12.6. The fraction of sp³-hybridized carbons (Fsp3) is 0.235. The van der Waals surface area contributed by atoms with Crippen LogP contribution >= 0.6 is 0 Å². The number of nitrogens with one attached hydrogen (secondary N) is 2. The second-order valence-electron chi connectivity index (χ2n) is 5.88. The van der Waals surface area contributed by atoms with Crippen molar-refractivity contribution in [3.63, 3.8) is 0 Å². The number of pyridine rings is 1. The van der Waals surface area contributed by atoms with Gasteiger partial charge in [-0.2, -0.15) is 0 Å². The molecule has 126 valence electrons. The molecule has 0 bridgehead atoms. The van der Waals surface area contributed by atoms with Crippen LogP contribution < -0.4 is 4.72 Å². The molecule has 2 heterocycles. The normalized spacial score (nSPS) is 12.1.